The molecule has 0 saturated heterocycles. The van der Waals surface area contributed by atoms with Gasteiger partial charge in [-0.1, -0.05) is 18.2 Å². The van der Waals surface area contributed by atoms with Gasteiger partial charge in [-0.3, -0.25) is 19.2 Å². The zero-order valence-electron chi connectivity index (χ0n) is 17.6. The fraction of sp³-hybridized carbons (Fsp3) is 0.478. The minimum atomic E-state index is -0.582. The highest BCUT2D eigenvalue weighted by Crippen LogP contribution is 2.33. The van der Waals surface area contributed by atoms with Crippen molar-refractivity contribution >= 4 is 23.5 Å². The van der Waals surface area contributed by atoms with Crippen LogP contribution in [0.4, 0.5) is 0 Å². The van der Waals surface area contributed by atoms with Gasteiger partial charge in [-0.05, 0) is 62.1 Å². The number of Topliss-reactive ketones (excluding diaryl/α,β-unsaturated/α-hetero) is 1. The molecule has 0 aromatic heterocycles. The van der Waals surface area contributed by atoms with Crippen molar-refractivity contribution in [3.05, 3.63) is 46.3 Å². The van der Waals surface area contributed by atoms with Gasteiger partial charge in [-0.25, -0.2) is 0 Å². The summed E-state index contributed by atoms with van der Waals surface area (Å²) in [6, 6.07) is 6.06. The van der Waals surface area contributed by atoms with Gasteiger partial charge in [-0.2, -0.15) is 0 Å². The van der Waals surface area contributed by atoms with Crippen LogP contribution in [0.15, 0.2) is 29.6 Å². The maximum absolute atomic E-state index is 12.9. The molecule has 0 bridgehead atoms. The first-order chi connectivity index (χ1) is 14.8. The van der Waals surface area contributed by atoms with Gasteiger partial charge in [0.05, 0.1) is 12.5 Å². The highest BCUT2D eigenvalue weighted by Gasteiger charge is 2.35. The summed E-state index contributed by atoms with van der Waals surface area (Å²) >= 11 is 0. The number of allylic oxidation sites excluding steroid dienone is 1. The highest BCUT2D eigenvalue weighted by atomic mass is 16.2. The number of amides is 3. The Bertz CT molecular complexity index is 984. The molecule has 8 nitrogen and oxygen atoms in total. The number of carbonyl (C=O) groups is 4. The number of aryl methyl sites for hydroxylation is 1. The predicted octanol–water partition coefficient (Wildman–Crippen LogP) is 1.03. The Kier molecular flexibility index (Phi) is 5.80. The van der Waals surface area contributed by atoms with Crippen molar-refractivity contribution in [1.82, 2.24) is 16.0 Å². The second-order valence-corrected chi connectivity index (χ2v) is 8.71. The molecule has 31 heavy (non-hydrogen) atoms. The first kappa shape index (κ1) is 21.1. The van der Waals surface area contributed by atoms with Crippen LogP contribution in [0.2, 0.25) is 0 Å². The van der Waals surface area contributed by atoms with Crippen molar-refractivity contribution in [1.29, 1.82) is 0 Å². The third-order valence-electron chi connectivity index (χ3n) is 6.58. The van der Waals surface area contributed by atoms with E-state index >= 15 is 0 Å². The van der Waals surface area contributed by atoms with E-state index in [1.807, 2.05) is 6.07 Å². The SMILES string of the molecule is Cc1cccc2c1CCC[C@H]2NC(=O)[C@@H]1CCC(NC(=O)C2=C(N)C(=O)CC(=O)N2)C1. The molecule has 8 heteroatoms. The Hall–Kier alpha value is -3.16. The lowest BCUT2D eigenvalue weighted by Gasteiger charge is -2.28. The molecule has 1 aliphatic heterocycles. The number of nitrogens with two attached hydrogens (primary N) is 1. The van der Waals surface area contributed by atoms with E-state index < -0.39 is 17.6 Å². The molecule has 1 heterocycles. The van der Waals surface area contributed by atoms with E-state index in [1.165, 1.54) is 16.7 Å². The Labute approximate surface area is 181 Å². The Morgan fingerprint density at radius 3 is 2.74 bits per heavy atom. The summed E-state index contributed by atoms with van der Waals surface area (Å²) in [5.41, 5.74) is 9.08. The van der Waals surface area contributed by atoms with E-state index in [0.717, 1.165) is 19.3 Å². The van der Waals surface area contributed by atoms with Gasteiger partial charge in [0, 0.05) is 12.0 Å². The molecule has 0 radical (unpaired) electrons. The van der Waals surface area contributed by atoms with Crippen LogP contribution >= 0.6 is 0 Å². The lowest BCUT2D eigenvalue weighted by Crippen LogP contribution is -2.45. The van der Waals surface area contributed by atoms with Crippen molar-refractivity contribution in [3.8, 4) is 0 Å². The summed E-state index contributed by atoms with van der Waals surface area (Å²) in [6.07, 6.45) is 4.51. The molecule has 1 unspecified atom stereocenters. The number of ketones is 1. The third-order valence-corrected chi connectivity index (χ3v) is 6.58. The maximum atomic E-state index is 12.9. The standard InChI is InChI=1S/C23H28N4O4/c1-12-4-2-6-16-15(12)5-3-7-17(16)26-22(30)13-8-9-14(10-13)25-23(31)21-20(24)18(28)11-19(29)27-21/h2,4,6,13-14,17H,3,5,7-11,24H2,1H3,(H,25,31)(H,26,30)(H,27,29)/t13-,14?,17-/m1/s1. The van der Waals surface area contributed by atoms with E-state index in [1.54, 1.807) is 0 Å². The molecule has 4 rings (SSSR count). The first-order valence-corrected chi connectivity index (χ1v) is 10.9. The van der Waals surface area contributed by atoms with Crippen molar-refractivity contribution in [2.45, 2.75) is 64.0 Å². The Morgan fingerprint density at radius 1 is 1.13 bits per heavy atom. The van der Waals surface area contributed by atoms with E-state index in [2.05, 4.69) is 35.0 Å². The molecular formula is C23H28N4O4. The molecule has 1 saturated carbocycles. The first-order valence-electron chi connectivity index (χ1n) is 10.9. The van der Waals surface area contributed by atoms with Crippen molar-refractivity contribution in [3.63, 3.8) is 0 Å². The molecule has 1 aromatic rings. The van der Waals surface area contributed by atoms with Crippen molar-refractivity contribution < 1.29 is 19.2 Å². The second-order valence-electron chi connectivity index (χ2n) is 8.71. The summed E-state index contributed by atoms with van der Waals surface area (Å²) in [5, 5.41) is 8.40. The molecule has 1 fully saturated rings. The van der Waals surface area contributed by atoms with Crippen LogP contribution in [-0.2, 0) is 25.6 Å². The molecule has 3 aliphatic rings. The molecule has 164 valence electrons. The fourth-order valence-electron chi connectivity index (χ4n) is 4.89. The van der Waals surface area contributed by atoms with Crippen LogP contribution in [-0.4, -0.2) is 29.5 Å². The number of rotatable bonds is 4. The van der Waals surface area contributed by atoms with Gasteiger partial charge in [0.1, 0.15) is 11.4 Å². The average Bonchev–Trinajstić information content (AvgIpc) is 3.20. The number of hydrogen-bond acceptors (Lipinski definition) is 5. The zero-order chi connectivity index (χ0) is 22.1. The number of benzene rings is 1. The topological polar surface area (TPSA) is 130 Å². The van der Waals surface area contributed by atoms with Gasteiger partial charge in [0.2, 0.25) is 11.8 Å². The van der Waals surface area contributed by atoms with Gasteiger partial charge in [-0.15, -0.1) is 0 Å². The molecule has 1 aromatic carbocycles. The zero-order valence-corrected chi connectivity index (χ0v) is 17.6. The normalized spacial score (nSPS) is 25.6. The number of carbonyl (C=O) groups excluding carboxylic acids is 4. The molecule has 3 atom stereocenters. The minimum Gasteiger partial charge on any atom is -0.394 e. The van der Waals surface area contributed by atoms with Crippen LogP contribution in [0, 0.1) is 12.8 Å². The van der Waals surface area contributed by atoms with E-state index in [0.29, 0.717) is 19.3 Å². The fourth-order valence-corrected chi connectivity index (χ4v) is 4.89. The largest absolute Gasteiger partial charge is 0.394 e. The lowest BCUT2D eigenvalue weighted by atomic mass is 9.85. The summed E-state index contributed by atoms with van der Waals surface area (Å²) in [5.74, 6) is -1.86. The van der Waals surface area contributed by atoms with Crippen molar-refractivity contribution in [2.75, 3.05) is 0 Å². The number of nitrogens with one attached hydrogen (secondary N) is 3. The molecular weight excluding hydrogens is 396 g/mol. The summed E-state index contributed by atoms with van der Waals surface area (Å²) in [6.45, 7) is 2.11. The van der Waals surface area contributed by atoms with Crippen LogP contribution in [0.25, 0.3) is 0 Å². The Morgan fingerprint density at radius 2 is 1.94 bits per heavy atom. The number of hydrogen-bond donors (Lipinski definition) is 4. The van der Waals surface area contributed by atoms with Crippen molar-refractivity contribution in [2.24, 2.45) is 11.7 Å². The molecule has 3 amide bonds. The average molecular weight is 425 g/mol. The van der Waals surface area contributed by atoms with Gasteiger partial charge in [0.15, 0.2) is 5.78 Å². The van der Waals surface area contributed by atoms with Crippen LogP contribution < -0.4 is 21.7 Å². The molecule has 5 N–H and O–H groups in total. The van der Waals surface area contributed by atoms with Crippen LogP contribution in [0.1, 0.15) is 61.3 Å². The molecule has 0 spiro atoms. The van der Waals surface area contributed by atoms with E-state index in [-0.39, 0.29) is 41.7 Å². The minimum absolute atomic E-state index is 0.0102. The molecule has 2 aliphatic carbocycles. The van der Waals surface area contributed by atoms with Gasteiger partial charge < -0.3 is 21.7 Å². The highest BCUT2D eigenvalue weighted by molar-refractivity contribution is 6.16. The summed E-state index contributed by atoms with van der Waals surface area (Å²) in [7, 11) is 0. The number of fused-ring (bicyclic) bond motifs is 1. The van der Waals surface area contributed by atoms with Crippen LogP contribution in [0.3, 0.4) is 0 Å². The van der Waals surface area contributed by atoms with E-state index in [9.17, 15) is 19.2 Å². The van der Waals surface area contributed by atoms with Gasteiger partial charge in [0.25, 0.3) is 5.91 Å². The maximum Gasteiger partial charge on any atom is 0.270 e. The quantitative estimate of drug-likeness (QED) is 0.537. The summed E-state index contributed by atoms with van der Waals surface area (Å²) in [4.78, 5) is 48.7. The van der Waals surface area contributed by atoms with Crippen LogP contribution in [0.5, 0.6) is 0 Å². The lowest BCUT2D eigenvalue weighted by molar-refractivity contribution is -0.129. The van der Waals surface area contributed by atoms with E-state index in [4.69, 9.17) is 5.73 Å². The monoisotopic (exact) mass is 424 g/mol. The Balaban J connectivity index is 1.35. The smallest absolute Gasteiger partial charge is 0.270 e. The summed E-state index contributed by atoms with van der Waals surface area (Å²) < 4.78 is 0. The van der Waals surface area contributed by atoms with Gasteiger partial charge >= 0.3 is 0 Å². The third kappa shape index (κ3) is 4.33. The second kappa shape index (κ2) is 8.53. The predicted molar refractivity (Wildman–Crippen MR) is 113 cm³/mol.